The number of amides is 1. The molecule has 2 aromatic heterocycles. The van der Waals surface area contributed by atoms with Gasteiger partial charge in [-0.15, -0.1) is 0 Å². The van der Waals surface area contributed by atoms with Crippen LogP contribution in [0.1, 0.15) is 42.6 Å². The van der Waals surface area contributed by atoms with E-state index in [2.05, 4.69) is 4.98 Å². The molecule has 2 aromatic rings. The normalized spacial score (nSPS) is 20.7. The van der Waals surface area contributed by atoms with Crippen LogP contribution in [0.4, 0.5) is 5.95 Å². The number of hydrogen-bond donors (Lipinski definition) is 0. The van der Waals surface area contributed by atoms with Crippen LogP contribution in [0.5, 0.6) is 0 Å². The van der Waals surface area contributed by atoms with Crippen molar-refractivity contribution in [3.05, 3.63) is 51.7 Å². The van der Waals surface area contributed by atoms with E-state index in [-0.39, 0.29) is 16.9 Å². The first-order chi connectivity index (χ1) is 13.9. The van der Waals surface area contributed by atoms with E-state index in [0.717, 1.165) is 49.6 Å². The lowest BCUT2D eigenvalue weighted by Crippen LogP contribution is -2.48. The third-order valence-electron chi connectivity index (χ3n) is 6.37. The highest BCUT2D eigenvalue weighted by Crippen LogP contribution is 2.44. The molecule has 1 atom stereocenters. The van der Waals surface area contributed by atoms with E-state index in [1.54, 1.807) is 16.7 Å². The predicted molar refractivity (Wildman–Crippen MR) is 112 cm³/mol. The largest absolute Gasteiger partial charge is 0.347 e. The molecule has 1 saturated heterocycles. The van der Waals surface area contributed by atoms with Gasteiger partial charge in [-0.2, -0.15) is 0 Å². The first-order valence-corrected chi connectivity index (χ1v) is 10.4. The molecule has 2 aliphatic rings. The number of hydrogen-bond acceptors (Lipinski definition) is 5. The number of rotatable bonds is 4. The van der Waals surface area contributed by atoms with Gasteiger partial charge in [0.2, 0.25) is 11.9 Å². The van der Waals surface area contributed by atoms with Gasteiger partial charge >= 0.3 is 0 Å². The SMILES string of the molecule is Cc1cccc(=O)n1CCC(=O)N1CCCC2(CCc3cnc(N(C)C)nc32)C1. The summed E-state index contributed by atoms with van der Waals surface area (Å²) >= 11 is 0. The highest BCUT2D eigenvalue weighted by molar-refractivity contribution is 5.76. The first-order valence-electron chi connectivity index (χ1n) is 10.4. The van der Waals surface area contributed by atoms with Gasteiger partial charge in [0.05, 0.1) is 5.69 Å². The third kappa shape index (κ3) is 3.66. The van der Waals surface area contributed by atoms with Crippen LogP contribution in [-0.2, 0) is 23.2 Å². The predicted octanol–water partition coefficient (Wildman–Crippen LogP) is 1.91. The zero-order valence-corrected chi connectivity index (χ0v) is 17.5. The number of likely N-dealkylation sites (tertiary alicyclic amines) is 1. The Balaban J connectivity index is 1.50. The number of piperidine rings is 1. The molecule has 1 fully saturated rings. The minimum Gasteiger partial charge on any atom is -0.347 e. The molecule has 29 heavy (non-hydrogen) atoms. The second-order valence-corrected chi connectivity index (χ2v) is 8.54. The van der Waals surface area contributed by atoms with Gasteiger partial charge in [0.1, 0.15) is 0 Å². The van der Waals surface area contributed by atoms with Gasteiger partial charge in [-0.1, -0.05) is 6.07 Å². The Morgan fingerprint density at radius 2 is 2.10 bits per heavy atom. The fraction of sp³-hybridized carbons (Fsp3) is 0.545. The molecule has 7 nitrogen and oxygen atoms in total. The maximum absolute atomic E-state index is 13.0. The van der Waals surface area contributed by atoms with Gasteiger partial charge in [-0.3, -0.25) is 9.59 Å². The van der Waals surface area contributed by atoms with Crippen LogP contribution in [0.3, 0.4) is 0 Å². The zero-order chi connectivity index (χ0) is 20.6. The Hall–Kier alpha value is -2.70. The van der Waals surface area contributed by atoms with Crippen molar-refractivity contribution in [2.45, 2.75) is 51.0 Å². The quantitative estimate of drug-likeness (QED) is 0.791. The molecule has 7 heteroatoms. The fourth-order valence-corrected chi connectivity index (χ4v) is 4.76. The minimum atomic E-state index is -0.0591. The summed E-state index contributed by atoms with van der Waals surface area (Å²) in [6, 6.07) is 5.20. The molecule has 0 N–H and O–H groups in total. The molecule has 1 aliphatic carbocycles. The van der Waals surface area contributed by atoms with Gasteiger partial charge in [0.15, 0.2) is 0 Å². The molecule has 0 aromatic carbocycles. The van der Waals surface area contributed by atoms with Crippen LogP contribution in [-0.4, -0.2) is 52.5 Å². The number of nitrogens with zero attached hydrogens (tertiary/aromatic N) is 5. The van der Waals surface area contributed by atoms with Crippen LogP contribution >= 0.6 is 0 Å². The molecule has 1 aliphatic heterocycles. The van der Waals surface area contributed by atoms with Gasteiger partial charge in [-0.25, -0.2) is 9.97 Å². The van der Waals surface area contributed by atoms with E-state index in [4.69, 9.17) is 4.98 Å². The molecule has 0 bridgehead atoms. The second-order valence-electron chi connectivity index (χ2n) is 8.54. The summed E-state index contributed by atoms with van der Waals surface area (Å²) in [4.78, 5) is 38.3. The van der Waals surface area contributed by atoms with Crippen LogP contribution in [0.25, 0.3) is 0 Å². The van der Waals surface area contributed by atoms with E-state index in [0.29, 0.717) is 19.5 Å². The lowest BCUT2D eigenvalue weighted by atomic mass is 9.77. The topological polar surface area (TPSA) is 71.3 Å². The number of carbonyl (C=O) groups excluding carboxylic acids is 1. The second kappa shape index (κ2) is 7.61. The maximum Gasteiger partial charge on any atom is 0.250 e. The summed E-state index contributed by atoms with van der Waals surface area (Å²) in [6.07, 6.45) is 6.35. The molecular weight excluding hydrogens is 366 g/mol. The van der Waals surface area contributed by atoms with Crippen molar-refractivity contribution in [2.24, 2.45) is 0 Å². The Kier molecular flexibility index (Phi) is 5.15. The highest BCUT2D eigenvalue weighted by atomic mass is 16.2. The smallest absolute Gasteiger partial charge is 0.250 e. The van der Waals surface area contributed by atoms with Gasteiger partial charge in [0, 0.05) is 63.5 Å². The van der Waals surface area contributed by atoms with Gasteiger partial charge < -0.3 is 14.4 Å². The summed E-state index contributed by atoms with van der Waals surface area (Å²) in [7, 11) is 3.90. The number of anilines is 1. The molecule has 1 unspecified atom stereocenters. The molecule has 1 amide bonds. The third-order valence-corrected chi connectivity index (χ3v) is 6.37. The van der Waals surface area contributed by atoms with Crippen molar-refractivity contribution in [3.63, 3.8) is 0 Å². The van der Waals surface area contributed by atoms with Crippen LogP contribution in [0.15, 0.2) is 29.2 Å². The number of aryl methyl sites for hydroxylation is 2. The molecule has 3 heterocycles. The molecule has 1 spiro atoms. The van der Waals surface area contributed by atoms with Gasteiger partial charge in [-0.05, 0) is 44.2 Å². The van der Waals surface area contributed by atoms with E-state index in [1.165, 1.54) is 5.56 Å². The Labute approximate surface area is 171 Å². The van der Waals surface area contributed by atoms with Crippen molar-refractivity contribution >= 4 is 11.9 Å². The van der Waals surface area contributed by atoms with E-state index in [1.807, 2.05) is 43.1 Å². The Morgan fingerprint density at radius 3 is 2.86 bits per heavy atom. The van der Waals surface area contributed by atoms with Crippen molar-refractivity contribution in [2.75, 3.05) is 32.1 Å². The number of pyridine rings is 1. The van der Waals surface area contributed by atoms with E-state index >= 15 is 0 Å². The minimum absolute atomic E-state index is 0.0504. The average molecular weight is 396 g/mol. The molecule has 0 radical (unpaired) electrons. The van der Waals surface area contributed by atoms with Crippen molar-refractivity contribution in [3.8, 4) is 0 Å². The summed E-state index contributed by atoms with van der Waals surface area (Å²) in [5.74, 6) is 0.849. The van der Waals surface area contributed by atoms with Crippen LogP contribution in [0, 0.1) is 6.92 Å². The number of fused-ring (bicyclic) bond motifs is 2. The lowest BCUT2D eigenvalue weighted by molar-refractivity contribution is -0.133. The summed E-state index contributed by atoms with van der Waals surface area (Å²) in [6.45, 7) is 3.83. The number of carbonyl (C=O) groups is 1. The number of aromatic nitrogens is 3. The summed E-state index contributed by atoms with van der Waals surface area (Å²) < 4.78 is 1.68. The van der Waals surface area contributed by atoms with Crippen LogP contribution < -0.4 is 10.5 Å². The summed E-state index contributed by atoms with van der Waals surface area (Å²) in [5, 5.41) is 0. The molecular formula is C22H29N5O2. The lowest BCUT2D eigenvalue weighted by Gasteiger charge is -2.40. The fourth-order valence-electron chi connectivity index (χ4n) is 4.76. The average Bonchev–Trinajstić information content (AvgIpc) is 3.04. The molecule has 4 rings (SSSR count). The Bertz CT molecular complexity index is 979. The summed E-state index contributed by atoms with van der Waals surface area (Å²) in [5.41, 5.74) is 3.12. The maximum atomic E-state index is 13.0. The highest BCUT2D eigenvalue weighted by Gasteiger charge is 2.44. The molecule has 154 valence electrons. The zero-order valence-electron chi connectivity index (χ0n) is 17.5. The molecule has 0 saturated carbocycles. The Morgan fingerprint density at radius 1 is 1.28 bits per heavy atom. The van der Waals surface area contributed by atoms with Crippen molar-refractivity contribution < 1.29 is 4.79 Å². The van der Waals surface area contributed by atoms with Crippen LogP contribution in [0.2, 0.25) is 0 Å². The van der Waals surface area contributed by atoms with Crippen molar-refractivity contribution in [1.82, 2.24) is 19.4 Å². The standard InChI is InChI=1S/C22H29N5O2/c1-16-6-4-7-19(29)27(16)13-9-18(28)26-12-5-10-22(15-26)11-8-17-14-23-21(25(2)3)24-20(17)22/h4,6-7,14H,5,8-13,15H2,1-3H3. The van der Waals surface area contributed by atoms with E-state index in [9.17, 15) is 9.59 Å². The van der Waals surface area contributed by atoms with Gasteiger partial charge in [0.25, 0.3) is 5.56 Å². The van der Waals surface area contributed by atoms with E-state index < -0.39 is 0 Å². The first kappa shape index (κ1) is 19.6. The van der Waals surface area contributed by atoms with Crippen molar-refractivity contribution in [1.29, 1.82) is 0 Å². The monoisotopic (exact) mass is 395 g/mol.